The fraction of sp³-hybridized carbons (Fsp3) is 0.483. The lowest BCUT2D eigenvalue weighted by molar-refractivity contribution is 0.173. The number of anilines is 2. The number of fused-ring (bicyclic) bond motifs is 6. The highest BCUT2D eigenvalue weighted by Crippen LogP contribution is 2.38. The molecule has 216 valence electrons. The highest BCUT2D eigenvalue weighted by atomic mass is 16.5. The molecule has 0 aromatic carbocycles. The number of aryl methyl sites for hydroxylation is 1. The Balaban J connectivity index is 1.34. The normalized spacial score (nSPS) is 18.0. The Morgan fingerprint density at radius 2 is 1.90 bits per heavy atom. The molecule has 1 atom stereocenters. The van der Waals surface area contributed by atoms with Gasteiger partial charge in [-0.25, -0.2) is 19.6 Å². The van der Waals surface area contributed by atoms with E-state index in [-0.39, 0.29) is 6.10 Å². The predicted molar refractivity (Wildman–Crippen MR) is 155 cm³/mol. The van der Waals surface area contributed by atoms with E-state index in [1.54, 1.807) is 23.1 Å². The molecule has 0 unspecified atom stereocenters. The van der Waals surface area contributed by atoms with E-state index in [1.807, 2.05) is 37.8 Å². The number of aromatic nitrogens is 7. The van der Waals surface area contributed by atoms with E-state index < -0.39 is 0 Å². The molecule has 4 aromatic rings. The fourth-order valence-electron chi connectivity index (χ4n) is 5.28. The lowest BCUT2D eigenvalue weighted by Crippen LogP contribution is -2.31. The molecule has 2 aliphatic heterocycles. The molecule has 2 aliphatic rings. The molecule has 0 spiro atoms. The molecule has 12 nitrogen and oxygen atoms in total. The molecule has 4 bridgehead atoms. The van der Waals surface area contributed by atoms with Gasteiger partial charge in [-0.05, 0) is 58.8 Å². The number of pyridine rings is 1. The molecule has 1 fully saturated rings. The summed E-state index contributed by atoms with van der Waals surface area (Å²) in [5.41, 5.74) is 2.42. The summed E-state index contributed by atoms with van der Waals surface area (Å²) < 4.78 is 22.4. The molecule has 1 saturated heterocycles. The molecular weight excluding hydrogens is 522 g/mol. The molecule has 6 rings (SSSR count). The van der Waals surface area contributed by atoms with Gasteiger partial charge in [-0.2, -0.15) is 5.10 Å². The summed E-state index contributed by atoms with van der Waals surface area (Å²) in [6.07, 6.45) is 10.1. The van der Waals surface area contributed by atoms with Crippen LogP contribution in [0.1, 0.15) is 33.1 Å². The summed E-state index contributed by atoms with van der Waals surface area (Å²) in [5, 5.41) is 12.5. The zero-order chi connectivity index (χ0) is 28.3. The SMILES string of the molecule is CCOc1nn(CC2CCN(C)CC2)cc1-c1cnc2cc1O[C@@H](C)CCOc1c(cnn1C)-c1nccc(n1)N2. The van der Waals surface area contributed by atoms with Crippen LogP contribution < -0.4 is 19.5 Å². The van der Waals surface area contributed by atoms with Crippen LogP contribution in [0.2, 0.25) is 0 Å². The summed E-state index contributed by atoms with van der Waals surface area (Å²) in [6, 6.07) is 3.70. The predicted octanol–water partition coefficient (Wildman–Crippen LogP) is 4.17. The van der Waals surface area contributed by atoms with Crippen molar-refractivity contribution in [3.8, 4) is 40.0 Å². The molecule has 0 aliphatic carbocycles. The molecule has 0 amide bonds. The van der Waals surface area contributed by atoms with Gasteiger partial charge in [0.15, 0.2) is 5.82 Å². The van der Waals surface area contributed by atoms with Crippen LogP contribution in [-0.2, 0) is 13.6 Å². The summed E-state index contributed by atoms with van der Waals surface area (Å²) in [7, 11) is 4.02. The number of hydrogen-bond acceptors (Lipinski definition) is 10. The van der Waals surface area contributed by atoms with Crippen LogP contribution in [0.5, 0.6) is 17.5 Å². The van der Waals surface area contributed by atoms with Crippen LogP contribution in [0.4, 0.5) is 11.6 Å². The van der Waals surface area contributed by atoms with Crippen molar-refractivity contribution in [1.82, 2.24) is 39.4 Å². The van der Waals surface area contributed by atoms with Crippen molar-refractivity contribution in [3.05, 3.63) is 36.9 Å². The first-order valence-electron chi connectivity index (χ1n) is 14.3. The Morgan fingerprint density at radius 1 is 1.05 bits per heavy atom. The van der Waals surface area contributed by atoms with Crippen LogP contribution in [0, 0.1) is 5.92 Å². The second-order valence-electron chi connectivity index (χ2n) is 10.8. The van der Waals surface area contributed by atoms with Gasteiger partial charge in [-0.15, -0.1) is 5.10 Å². The number of hydrogen-bond donors (Lipinski definition) is 1. The fourth-order valence-corrected chi connectivity index (χ4v) is 5.28. The van der Waals surface area contributed by atoms with Gasteiger partial charge < -0.3 is 24.4 Å². The minimum atomic E-state index is -0.137. The average molecular weight is 560 g/mol. The third kappa shape index (κ3) is 5.97. The molecule has 12 heteroatoms. The molecular formula is C29H37N9O3. The highest BCUT2D eigenvalue weighted by Gasteiger charge is 2.23. The number of ether oxygens (including phenoxy) is 3. The summed E-state index contributed by atoms with van der Waals surface area (Å²) in [4.78, 5) is 16.3. The van der Waals surface area contributed by atoms with Gasteiger partial charge in [-0.3, -0.25) is 4.68 Å². The average Bonchev–Trinajstić information content (AvgIpc) is 3.53. The third-order valence-electron chi connectivity index (χ3n) is 7.58. The summed E-state index contributed by atoms with van der Waals surface area (Å²) >= 11 is 0. The first-order valence-corrected chi connectivity index (χ1v) is 14.3. The lowest BCUT2D eigenvalue weighted by atomic mass is 9.97. The number of nitrogens with zero attached hydrogens (tertiary/aromatic N) is 8. The third-order valence-corrected chi connectivity index (χ3v) is 7.58. The summed E-state index contributed by atoms with van der Waals surface area (Å²) in [6.45, 7) is 8.05. The van der Waals surface area contributed by atoms with Crippen molar-refractivity contribution in [3.63, 3.8) is 0 Å². The zero-order valence-electron chi connectivity index (χ0n) is 24.1. The van der Waals surface area contributed by atoms with Gasteiger partial charge in [0.2, 0.25) is 11.8 Å². The number of piperidine rings is 1. The number of nitrogens with one attached hydrogen (secondary N) is 1. The van der Waals surface area contributed by atoms with Crippen LogP contribution in [0.15, 0.2) is 36.9 Å². The minimum Gasteiger partial charge on any atom is -0.490 e. The summed E-state index contributed by atoms with van der Waals surface area (Å²) in [5.74, 6) is 4.20. The maximum absolute atomic E-state index is 6.53. The molecule has 6 heterocycles. The van der Waals surface area contributed by atoms with Crippen LogP contribution >= 0.6 is 0 Å². The van der Waals surface area contributed by atoms with Crippen LogP contribution in [-0.4, -0.2) is 78.9 Å². The quantitative estimate of drug-likeness (QED) is 0.382. The van der Waals surface area contributed by atoms with Crippen molar-refractivity contribution < 1.29 is 14.2 Å². The molecule has 41 heavy (non-hydrogen) atoms. The van der Waals surface area contributed by atoms with E-state index in [0.29, 0.717) is 60.5 Å². The van der Waals surface area contributed by atoms with E-state index in [9.17, 15) is 0 Å². The number of rotatable bonds is 5. The Labute approximate surface area is 239 Å². The molecule has 1 N–H and O–H groups in total. The van der Waals surface area contributed by atoms with Crippen molar-refractivity contribution in [2.45, 2.75) is 45.8 Å². The smallest absolute Gasteiger partial charge is 0.240 e. The second-order valence-corrected chi connectivity index (χ2v) is 10.8. The molecule has 0 radical (unpaired) electrons. The van der Waals surface area contributed by atoms with Crippen LogP contribution in [0.3, 0.4) is 0 Å². The van der Waals surface area contributed by atoms with E-state index in [2.05, 4.69) is 33.5 Å². The number of likely N-dealkylation sites (tertiary alicyclic amines) is 1. The Hall–Kier alpha value is -4.19. The van der Waals surface area contributed by atoms with Crippen molar-refractivity contribution in [2.24, 2.45) is 13.0 Å². The maximum atomic E-state index is 6.53. The van der Waals surface area contributed by atoms with E-state index in [4.69, 9.17) is 29.3 Å². The Bertz CT molecular complexity index is 1490. The van der Waals surface area contributed by atoms with Gasteiger partial charge >= 0.3 is 0 Å². The van der Waals surface area contributed by atoms with Crippen LogP contribution in [0.25, 0.3) is 22.5 Å². The van der Waals surface area contributed by atoms with Crippen molar-refractivity contribution in [1.29, 1.82) is 0 Å². The first kappa shape index (κ1) is 27.0. The minimum absolute atomic E-state index is 0.137. The Kier molecular flexibility index (Phi) is 7.73. The standard InChI is InChI=1S/C29H37N9O3/c1-5-39-28-23(18-38(35-28)17-20-7-11-36(3)12-8-20)21-15-31-26-14-24(21)41-19(2)9-13-40-29-22(16-32-37(29)4)27-30-10-6-25(33-26)34-27/h6,10,14-16,18-20H,5,7-9,11-13,17H2,1-4H3,(H,30,31,33,34)/t19-/m0/s1. The van der Waals surface area contributed by atoms with Crippen molar-refractivity contribution >= 4 is 11.6 Å². The lowest BCUT2D eigenvalue weighted by Gasteiger charge is -2.28. The van der Waals surface area contributed by atoms with Gasteiger partial charge in [0.1, 0.15) is 22.9 Å². The van der Waals surface area contributed by atoms with Gasteiger partial charge in [0.25, 0.3) is 0 Å². The highest BCUT2D eigenvalue weighted by molar-refractivity contribution is 5.75. The maximum Gasteiger partial charge on any atom is 0.240 e. The van der Waals surface area contributed by atoms with Gasteiger partial charge in [0, 0.05) is 50.2 Å². The topological polar surface area (TPSA) is 117 Å². The largest absolute Gasteiger partial charge is 0.490 e. The van der Waals surface area contributed by atoms with Gasteiger partial charge in [0.05, 0.1) is 31.1 Å². The first-order chi connectivity index (χ1) is 20.0. The van der Waals surface area contributed by atoms with Crippen molar-refractivity contribution in [2.75, 3.05) is 38.7 Å². The van der Waals surface area contributed by atoms with E-state index >= 15 is 0 Å². The second kappa shape index (κ2) is 11.7. The molecule has 4 aromatic heterocycles. The van der Waals surface area contributed by atoms with Gasteiger partial charge in [-0.1, -0.05) is 0 Å². The Morgan fingerprint density at radius 3 is 2.73 bits per heavy atom. The molecule has 0 saturated carbocycles. The zero-order valence-corrected chi connectivity index (χ0v) is 24.1. The monoisotopic (exact) mass is 559 g/mol. The van der Waals surface area contributed by atoms with E-state index in [0.717, 1.165) is 49.2 Å². The van der Waals surface area contributed by atoms with E-state index in [1.165, 1.54) is 0 Å².